The van der Waals surface area contributed by atoms with Crippen molar-refractivity contribution < 1.29 is 24.2 Å². The number of thiophene rings is 1. The predicted molar refractivity (Wildman–Crippen MR) is 78.0 cm³/mol. The average Bonchev–Trinajstić information content (AvgIpc) is 3.18. The van der Waals surface area contributed by atoms with E-state index in [-0.39, 0.29) is 29.3 Å². The molecule has 1 aromatic carbocycles. The third kappa shape index (κ3) is 2.35. The van der Waals surface area contributed by atoms with Gasteiger partial charge in [0, 0.05) is 16.7 Å². The Labute approximate surface area is 125 Å². The number of esters is 1. The number of hydrogen-bond donors (Lipinski definition) is 1. The Kier molecular flexibility index (Phi) is 3.33. The van der Waals surface area contributed by atoms with Gasteiger partial charge in [-0.05, 0) is 23.9 Å². The second kappa shape index (κ2) is 5.04. The maximum Gasteiger partial charge on any atom is 0.309 e. The number of fused-ring (bicyclic) bond motifs is 1. The maximum atomic E-state index is 12.4. The highest BCUT2D eigenvalue weighted by Gasteiger charge is 2.49. The zero-order valence-corrected chi connectivity index (χ0v) is 12.4. The topological polar surface area (TPSA) is 72.8 Å². The standard InChI is InChI=1S/C15H14O5S/c1-19-11-6-12-7(3-10(11)16)4-13(21-12)14(17)8-5-9(8)15(18)20-2/h3-4,6,8-9,16H,5H2,1-2H3/t8-,9-/m0/s1. The van der Waals surface area contributed by atoms with Crippen LogP contribution in [0.2, 0.25) is 0 Å². The summed E-state index contributed by atoms with van der Waals surface area (Å²) < 4.78 is 10.6. The summed E-state index contributed by atoms with van der Waals surface area (Å²) in [5.41, 5.74) is 0. The summed E-state index contributed by atoms with van der Waals surface area (Å²) in [7, 11) is 2.81. The van der Waals surface area contributed by atoms with Crippen molar-refractivity contribution in [1.82, 2.24) is 0 Å². The van der Waals surface area contributed by atoms with Crippen LogP contribution < -0.4 is 4.74 Å². The zero-order chi connectivity index (χ0) is 15.1. The number of hydrogen-bond acceptors (Lipinski definition) is 6. The fraction of sp³-hybridized carbons (Fsp3) is 0.333. The second-order valence-electron chi connectivity index (χ2n) is 5.01. The first-order valence-corrected chi connectivity index (χ1v) is 7.29. The van der Waals surface area contributed by atoms with Gasteiger partial charge >= 0.3 is 5.97 Å². The van der Waals surface area contributed by atoms with Gasteiger partial charge in [-0.3, -0.25) is 9.59 Å². The highest BCUT2D eigenvalue weighted by Crippen LogP contribution is 2.44. The molecule has 2 aromatic rings. The number of benzene rings is 1. The van der Waals surface area contributed by atoms with Crippen LogP contribution in [0.3, 0.4) is 0 Å². The van der Waals surface area contributed by atoms with Crippen molar-refractivity contribution in [2.45, 2.75) is 6.42 Å². The number of aromatic hydroxyl groups is 1. The highest BCUT2D eigenvalue weighted by molar-refractivity contribution is 7.20. The molecule has 0 unspecified atom stereocenters. The molecule has 0 spiro atoms. The molecule has 1 aromatic heterocycles. The maximum absolute atomic E-state index is 12.4. The highest BCUT2D eigenvalue weighted by atomic mass is 32.1. The second-order valence-corrected chi connectivity index (χ2v) is 6.09. The number of ketones is 1. The van der Waals surface area contributed by atoms with Gasteiger partial charge in [-0.1, -0.05) is 0 Å². The number of phenolic OH excluding ortho intramolecular Hbond substituents is 1. The first-order valence-electron chi connectivity index (χ1n) is 6.47. The lowest BCUT2D eigenvalue weighted by Crippen LogP contribution is -2.09. The summed E-state index contributed by atoms with van der Waals surface area (Å²) in [5, 5.41) is 10.5. The van der Waals surface area contributed by atoms with Crippen LogP contribution in [0.1, 0.15) is 16.1 Å². The third-order valence-corrected chi connectivity index (χ3v) is 4.80. The Bertz CT molecular complexity index is 733. The molecule has 0 amide bonds. The van der Waals surface area contributed by atoms with Crippen molar-refractivity contribution in [3.05, 3.63) is 23.1 Å². The van der Waals surface area contributed by atoms with E-state index < -0.39 is 0 Å². The number of phenols is 1. The smallest absolute Gasteiger partial charge is 0.309 e. The number of carbonyl (C=O) groups excluding carboxylic acids is 2. The summed E-state index contributed by atoms with van der Waals surface area (Å²) in [6.45, 7) is 0. The molecule has 6 heteroatoms. The lowest BCUT2D eigenvalue weighted by molar-refractivity contribution is -0.142. The minimum Gasteiger partial charge on any atom is -0.504 e. The van der Waals surface area contributed by atoms with Crippen molar-refractivity contribution in [2.24, 2.45) is 11.8 Å². The van der Waals surface area contributed by atoms with E-state index in [2.05, 4.69) is 4.74 Å². The molecule has 0 saturated heterocycles. The van der Waals surface area contributed by atoms with Crippen LogP contribution in [0.4, 0.5) is 0 Å². The van der Waals surface area contributed by atoms with Gasteiger partial charge in [-0.2, -0.15) is 0 Å². The lowest BCUT2D eigenvalue weighted by Gasteiger charge is -2.01. The van der Waals surface area contributed by atoms with Crippen LogP contribution in [0.5, 0.6) is 11.5 Å². The molecule has 21 heavy (non-hydrogen) atoms. The zero-order valence-electron chi connectivity index (χ0n) is 11.6. The first-order chi connectivity index (χ1) is 10.0. The number of carbonyl (C=O) groups is 2. The molecule has 1 fully saturated rings. The number of rotatable bonds is 4. The molecule has 0 bridgehead atoms. The molecule has 3 rings (SSSR count). The number of ether oxygens (including phenoxy) is 2. The van der Waals surface area contributed by atoms with Crippen LogP contribution in [-0.2, 0) is 9.53 Å². The summed E-state index contributed by atoms with van der Waals surface area (Å²) >= 11 is 1.34. The summed E-state index contributed by atoms with van der Waals surface area (Å²) in [5.74, 6) is -0.529. The van der Waals surface area contributed by atoms with Crippen LogP contribution in [0.25, 0.3) is 10.1 Å². The molecule has 5 nitrogen and oxygen atoms in total. The summed E-state index contributed by atoms with van der Waals surface area (Å²) in [4.78, 5) is 24.3. The molecule has 1 aliphatic carbocycles. The third-order valence-electron chi connectivity index (χ3n) is 3.69. The van der Waals surface area contributed by atoms with Crippen LogP contribution in [0, 0.1) is 11.8 Å². The van der Waals surface area contributed by atoms with E-state index in [1.807, 2.05) is 0 Å². The molecule has 1 saturated carbocycles. The van der Waals surface area contributed by atoms with Crippen molar-refractivity contribution in [1.29, 1.82) is 0 Å². The molecule has 110 valence electrons. The fourth-order valence-electron chi connectivity index (χ4n) is 2.42. The van der Waals surface area contributed by atoms with Gasteiger partial charge in [-0.25, -0.2) is 0 Å². The normalized spacial score (nSPS) is 20.3. The van der Waals surface area contributed by atoms with Crippen LogP contribution in [0.15, 0.2) is 18.2 Å². The molecule has 0 aliphatic heterocycles. The lowest BCUT2D eigenvalue weighted by atomic mass is 10.1. The van der Waals surface area contributed by atoms with E-state index in [0.29, 0.717) is 17.0 Å². The van der Waals surface area contributed by atoms with Crippen LogP contribution >= 0.6 is 11.3 Å². The summed E-state index contributed by atoms with van der Waals surface area (Å²) in [6.07, 6.45) is 0.550. The molecule has 1 N–H and O–H groups in total. The largest absolute Gasteiger partial charge is 0.504 e. The van der Waals surface area contributed by atoms with Gasteiger partial charge in [0.25, 0.3) is 0 Å². The molecule has 2 atom stereocenters. The quantitative estimate of drug-likeness (QED) is 0.694. The van der Waals surface area contributed by atoms with Gasteiger partial charge in [0.05, 0.1) is 25.0 Å². The molecule has 1 heterocycles. The van der Waals surface area contributed by atoms with E-state index in [4.69, 9.17) is 4.74 Å². The SMILES string of the molecule is COC(=O)[C@H]1C[C@@H]1C(=O)c1cc2cc(O)c(OC)cc2s1. The van der Waals surface area contributed by atoms with Gasteiger partial charge in [0.1, 0.15) is 0 Å². The molecule has 1 aliphatic rings. The Morgan fingerprint density at radius 1 is 1.24 bits per heavy atom. The van der Waals surface area contributed by atoms with Gasteiger partial charge in [-0.15, -0.1) is 11.3 Å². The van der Waals surface area contributed by atoms with E-state index in [1.165, 1.54) is 25.6 Å². The summed E-state index contributed by atoms with van der Waals surface area (Å²) in [6, 6.07) is 5.02. The Hall–Kier alpha value is -2.08. The van der Waals surface area contributed by atoms with Gasteiger partial charge in [0.2, 0.25) is 0 Å². The Morgan fingerprint density at radius 2 is 2.00 bits per heavy atom. The van der Waals surface area contributed by atoms with E-state index in [9.17, 15) is 14.7 Å². The van der Waals surface area contributed by atoms with E-state index >= 15 is 0 Å². The monoisotopic (exact) mass is 306 g/mol. The van der Waals surface area contributed by atoms with Crippen molar-refractivity contribution in [2.75, 3.05) is 14.2 Å². The Morgan fingerprint density at radius 3 is 2.67 bits per heavy atom. The molecule has 0 radical (unpaired) electrons. The van der Waals surface area contributed by atoms with Crippen molar-refractivity contribution in [3.8, 4) is 11.5 Å². The Balaban J connectivity index is 1.88. The predicted octanol–water partition coefficient (Wildman–Crippen LogP) is 2.61. The minimum absolute atomic E-state index is 0.0370. The van der Waals surface area contributed by atoms with E-state index in [0.717, 1.165) is 10.1 Å². The van der Waals surface area contributed by atoms with E-state index in [1.54, 1.807) is 18.2 Å². The van der Waals surface area contributed by atoms with Crippen molar-refractivity contribution in [3.63, 3.8) is 0 Å². The fourth-order valence-corrected chi connectivity index (χ4v) is 3.50. The van der Waals surface area contributed by atoms with Crippen LogP contribution in [-0.4, -0.2) is 31.1 Å². The van der Waals surface area contributed by atoms with Gasteiger partial charge < -0.3 is 14.6 Å². The first kappa shape index (κ1) is 13.9. The molecular weight excluding hydrogens is 292 g/mol. The number of methoxy groups -OCH3 is 2. The average molecular weight is 306 g/mol. The molecular formula is C15H14O5S. The number of Topliss-reactive ketones (excluding diaryl/α,β-unsaturated/α-hetero) is 1. The minimum atomic E-state index is -0.325. The van der Waals surface area contributed by atoms with Gasteiger partial charge in [0.15, 0.2) is 17.3 Å². The van der Waals surface area contributed by atoms with Crippen molar-refractivity contribution >= 4 is 33.2 Å².